The lowest BCUT2D eigenvalue weighted by Gasteiger charge is -2.56. The Labute approximate surface area is 140 Å². The molecule has 0 bridgehead atoms. The van der Waals surface area contributed by atoms with Crippen molar-refractivity contribution >= 4 is 5.78 Å². The van der Waals surface area contributed by atoms with E-state index in [0.29, 0.717) is 17.6 Å². The van der Waals surface area contributed by atoms with Gasteiger partial charge in [0.2, 0.25) is 0 Å². The van der Waals surface area contributed by atoms with Gasteiger partial charge in [0.1, 0.15) is 5.78 Å². The monoisotopic (exact) mass is 314 g/mol. The van der Waals surface area contributed by atoms with Crippen molar-refractivity contribution in [3.05, 3.63) is 23.3 Å². The van der Waals surface area contributed by atoms with Crippen LogP contribution < -0.4 is 0 Å². The molecule has 0 spiro atoms. The molecule has 2 heteroatoms. The van der Waals surface area contributed by atoms with E-state index >= 15 is 0 Å². The molecule has 23 heavy (non-hydrogen) atoms. The number of carbonyl (C=O) groups excluding carboxylic acids is 1. The van der Waals surface area contributed by atoms with Crippen LogP contribution in [-0.4, -0.2) is 17.0 Å². The summed E-state index contributed by atoms with van der Waals surface area (Å²) in [7, 11) is 0. The number of hydrogen-bond acceptors (Lipinski definition) is 2. The van der Waals surface area contributed by atoms with E-state index in [4.69, 9.17) is 0 Å². The molecule has 6 unspecified atom stereocenters. The Morgan fingerprint density at radius 1 is 1.13 bits per heavy atom. The van der Waals surface area contributed by atoms with Gasteiger partial charge >= 0.3 is 0 Å². The molecule has 0 aromatic heterocycles. The van der Waals surface area contributed by atoms with Gasteiger partial charge in [0.05, 0.1) is 6.10 Å². The Morgan fingerprint density at radius 3 is 2.61 bits per heavy atom. The quantitative estimate of drug-likeness (QED) is 0.727. The average Bonchev–Trinajstić information content (AvgIpc) is 2.85. The highest BCUT2D eigenvalue weighted by Gasteiger charge is 2.56. The number of aliphatic hydroxyl groups excluding tert-OH is 1. The molecule has 0 amide bonds. The van der Waals surface area contributed by atoms with Gasteiger partial charge in [-0.3, -0.25) is 4.79 Å². The summed E-state index contributed by atoms with van der Waals surface area (Å²) in [5.74, 6) is 1.92. The summed E-state index contributed by atoms with van der Waals surface area (Å²) in [6, 6.07) is 0. The first-order valence-electron chi connectivity index (χ1n) is 9.45. The molecule has 126 valence electrons. The van der Waals surface area contributed by atoms with Crippen molar-refractivity contribution in [2.75, 3.05) is 0 Å². The smallest absolute Gasteiger partial charge is 0.134 e. The van der Waals surface area contributed by atoms with Crippen LogP contribution in [0.2, 0.25) is 0 Å². The molecular weight excluding hydrogens is 284 g/mol. The molecule has 0 aromatic carbocycles. The van der Waals surface area contributed by atoms with E-state index < -0.39 is 0 Å². The fourth-order valence-electron chi connectivity index (χ4n) is 6.60. The van der Waals surface area contributed by atoms with Crippen LogP contribution in [0.5, 0.6) is 0 Å². The first-order valence-corrected chi connectivity index (χ1v) is 9.45. The van der Waals surface area contributed by atoms with E-state index in [0.717, 1.165) is 38.5 Å². The van der Waals surface area contributed by atoms with Crippen molar-refractivity contribution in [1.82, 2.24) is 0 Å². The SMILES string of the molecule is CC(=O)C1CC=C2C3CC=C4CC(O)CCC4(C)C3CCC21C. The molecule has 4 aliphatic carbocycles. The fourth-order valence-corrected chi connectivity index (χ4v) is 6.60. The highest BCUT2D eigenvalue weighted by molar-refractivity contribution is 5.80. The second kappa shape index (κ2) is 5.05. The maximum Gasteiger partial charge on any atom is 0.134 e. The third kappa shape index (κ3) is 2.06. The van der Waals surface area contributed by atoms with Crippen LogP contribution in [0.3, 0.4) is 0 Å². The molecule has 0 heterocycles. The van der Waals surface area contributed by atoms with E-state index in [1.807, 2.05) is 0 Å². The van der Waals surface area contributed by atoms with Gasteiger partial charge in [-0.05, 0) is 74.5 Å². The summed E-state index contributed by atoms with van der Waals surface area (Å²) >= 11 is 0. The highest BCUT2D eigenvalue weighted by Crippen LogP contribution is 2.64. The minimum atomic E-state index is -0.132. The Hall–Kier alpha value is -0.890. The molecule has 4 rings (SSSR count). The average molecular weight is 314 g/mol. The highest BCUT2D eigenvalue weighted by atomic mass is 16.3. The number of ketones is 1. The second-order valence-corrected chi connectivity index (χ2v) is 9.01. The Kier molecular flexibility index (Phi) is 3.43. The van der Waals surface area contributed by atoms with Crippen LogP contribution in [0.1, 0.15) is 65.7 Å². The van der Waals surface area contributed by atoms with Gasteiger partial charge in [0, 0.05) is 5.92 Å². The van der Waals surface area contributed by atoms with Crippen molar-refractivity contribution in [2.45, 2.75) is 71.8 Å². The van der Waals surface area contributed by atoms with Crippen LogP contribution in [0, 0.1) is 28.6 Å². The van der Waals surface area contributed by atoms with Gasteiger partial charge in [0.25, 0.3) is 0 Å². The van der Waals surface area contributed by atoms with Crippen molar-refractivity contribution in [1.29, 1.82) is 0 Å². The molecule has 1 N–H and O–H groups in total. The summed E-state index contributed by atoms with van der Waals surface area (Å²) < 4.78 is 0. The molecule has 2 nitrogen and oxygen atoms in total. The number of fused-ring (bicyclic) bond motifs is 5. The van der Waals surface area contributed by atoms with Crippen LogP contribution >= 0.6 is 0 Å². The van der Waals surface area contributed by atoms with Crippen LogP contribution in [0.4, 0.5) is 0 Å². The van der Waals surface area contributed by atoms with Crippen molar-refractivity contribution in [3.8, 4) is 0 Å². The van der Waals surface area contributed by atoms with Gasteiger partial charge < -0.3 is 5.11 Å². The lowest BCUT2D eigenvalue weighted by atomic mass is 9.48. The van der Waals surface area contributed by atoms with Crippen molar-refractivity contribution in [2.24, 2.45) is 28.6 Å². The number of rotatable bonds is 1. The second-order valence-electron chi connectivity index (χ2n) is 9.01. The predicted octanol–water partition coefficient (Wildman–Crippen LogP) is 4.44. The van der Waals surface area contributed by atoms with E-state index in [-0.39, 0.29) is 22.9 Å². The molecule has 6 atom stereocenters. The van der Waals surface area contributed by atoms with E-state index in [1.165, 1.54) is 12.0 Å². The maximum atomic E-state index is 12.1. The summed E-state index contributed by atoms with van der Waals surface area (Å²) in [4.78, 5) is 12.1. The number of carbonyl (C=O) groups is 1. The van der Waals surface area contributed by atoms with Gasteiger partial charge in [-0.15, -0.1) is 0 Å². The molecular formula is C21H30O2. The third-order valence-corrected chi connectivity index (χ3v) is 7.98. The molecule has 0 aliphatic heterocycles. The predicted molar refractivity (Wildman–Crippen MR) is 91.9 cm³/mol. The molecule has 0 aromatic rings. The Morgan fingerprint density at radius 2 is 1.87 bits per heavy atom. The third-order valence-electron chi connectivity index (χ3n) is 7.98. The van der Waals surface area contributed by atoms with E-state index in [1.54, 1.807) is 12.5 Å². The zero-order valence-electron chi connectivity index (χ0n) is 14.8. The summed E-state index contributed by atoms with van der Waals surface area (Å²) in [5.41, 5.74) is 3.50. The Balaban J connectivity index is 1.69. The number of Topliss-reactive ketones (excluding diaryl/α,β-unsaturated/α-hetero) is 1. The Bertz CT molecular complexity index is 601. The minimum absolute atomic E-state index is 0.114. The van der Waals surface area contributed by atoms with Gasteiger partial charge in [-0.25, -0.2) is 0 Å². The van der Waals surface area contributed by atoms with Gasteiger partial charge in [0.15, 0.2) is 0 Å². The van der Waals surface area contributed by atoms with Crippen LogP contribution in [-0.2, 0) is 4.79 Å². The van der Waals surface area contributed by atoms with E-state index in [9.17, 15) is 9.90 Å². The van der Waals surface area contributed by atoms with Crippen LogP contribution in [0.15, 0.2) is 23.3 Å². The molecule has 2 saturated carbocycles. The van der Waals surface area contributed by atoms with E-state index in [2.05, 4.69) is 26.0 Å². The first kappa shape index (κ1) is 15.6. The normalized spacial score (nSPS) is 48.7. The molecule has 4 aliphatic rings. The van der Waals surface area contributed by atoms with Crippen molar-refractivity contribution < 1.29 is 9.90 Å². The zero-order chi connectivity index (χ0) is 16.4. The number of aliphatic hydroxyl groups is 1. The minimum Gasteiger partial charge on any atom is -0.393 e. The number of hydrogen-bond donors (Lipinski definition) is 1. The maximum absolute atomic E-state index is 12.1. The topological polar surface area (TPSA) is 37.3 Å². The molecule has 2 fully saturated rings. The van der Waals surface area contributed by atoms with Crippen LogP contribution in [0.25, 0.3) is 0 Å². The lowest BCUT2D eigenvalue weighted by molar-refractivity contribution is -0.124. The lowest BCUT2D eigenvalue weighted by Crippen LogP contribution is -2.48. The summed E-state index contributed by atoms with van der Waals surface area (Å²) in [6.45, 7) is 6.57. The summed E-state index contributed by atoms with van der Waals surface area (Å²) in [6.07, 6.45) is 12.2. The standard InChI is InChI=1S/C21H30O2/c1-13(22)17-6-7-18-16-5-4-14-12-15(23)8-10-20(14,2)19(16)9-11-21(17,18)3/h4,7,15-17,19,23H,5-6,8-12H2,1-3H3. The zero-order valence-corrected chi connectivity index (χ0v) is 14.8. The van der Waals surface area contributed by atoms with Gasteiger partial charge in [-0.2, -0.15) is 0 Å². The van der Waals surface area contributed by atoms with Crippen molar-refractivity contribution in [3.63, 3.8) is 0 Å². The molecule has 0 saturated heterocycles. The largest absolute Gasteiger partial charge is 0.393 e. The number of allylic oxidation sites excluding steroid dienone is 3. The first-order chi connectivity index (χ1) is 10.9. The molecule has 0 radical (unpaired) electrons. The fraction of sp³-hybridized carbons (Fsp3) is 0.762. The van der Waals surface area contributed by atoms with Gasteiger partial charge in [-0.1, -0.05) is 37.1 Å². The summed E-state index contributed by atoms with van der Waals surface area (Å²) in [5, 5.41) is 10.1.